The zero-order valence-electron chi connectivity index (χ0n) is 16.6. The van der Waals surface area contributed by atoms with Gasteiger partial charge in [-0.3, -0.25) is 9.59 Å². The van der Waals surface area contributed by atoms with Crippen molar-refractivity contribution >= 4 is 23.4 Å². The standard InChI is InChI=1S/C20H30ClN3O3/c1-14(2)20(26)24-10-7-16(8-11-24)27-18-6-5-15(13-17(18)21)19(25)22-9-12-23(3)4/h5-6,13-14,16H,7-12H2,1-4H3,(H,22,25). The molecule has 0 aliphatic carbocycles. The molecule has 1 aliphatic heterocycles. The van der Waals surface area contributed by atoms with Crippen molar-refractivity contribution < 1.29 is 14.3 Å². The molecule has 1 aromatic rings. The summed E-state index contributed by atoms with van der Waals surface area (Å²) in [6.07, 6.45) is 1.59. The fourth-order valence-electron chi connectivity index (χ4n) is 2.97. The molecular weight excluding hydrogens is 366 g/mol. The number of nitrogens with zero attached hydrogens (tertiary/aromatic N) is 2. The fourth-order valence-corrected chi connectivity index (χ4v) is 3.20. The second kappa shape index (κ2) is 9.95. The number of piperidine rings is 1. The molecule has 1 fully saturated rings. The van der Waals surface area contributed by atoms with Gasteiger partial charge in [-0.1, -0.05) is 25.4 Å². The lowest BCUT2D eigenvalue weighted by Crippen LogP contribution is -2.43. The normalized spacial score (nSPS) is 15.3. The van der Waals surface area contributed by atoms with Crippen molar-refractivity contribution in [3.05, 3.63) is 28.8 Å². The van der Waals surface area contributed by atoms with Gasteiger partial charge in [0.2, 0.25) is 5.91 Å². The molecule has 1 aliphatic rings. The Bertz CT molecular complexity index is 656. The maximum absolute atomic E-state index is 12.2. The quantitative estimate of drug-likeness (QED) is 0.771. The van der Waals surface area contributed by atoms with Crippen LogP contribution in [0.2, 0.25) is 5.02 Å². The maximum atomic E-state index is 12.2. The van der Waals surface area contributed by atoms with Crippen LogP contribution in [0.1, 0.15) is 37.0 Å². The van der Waals surface area contributed by atoms with Crippen LogP contribution in [0, 0.1) is 5.92 Å². The zero-order chi connectivity index (χ0) is 20.0. The van der Waals surface area contributed by atoms with Gasteiger partial charge >= 0.3 is 0 Å². The molecule has 7 heteroatoms. The average molecular weight is 396 g/mol. The van der Waals surface area contributed by atoms with Crippen LogP contribution < -0.4 is 10.1 Å². The Kier molecular flexibility index (Phi) is 7.92. The Balaban J connectivity index is 1.87. The van der Waals surface area contributed by atoms with Crippen LogP contribution in [0.4, 0.5) is 0 Å². The average Bonchev–Trinajstić information content (AvgIpc) is 2.63. The van der Waals surface area contributed by atoms with E-state index in [4.69, 9.17) is 16.3 Å². The Hall–Kier alpha value is -1.79. The fraction of sp³-hybridized carbons (Fsp3) is 0.600. The molecule has 1 N–H and O–H groups in total. The number of carbonyl (C=O) groups excluding carboxylic acids is 2. The molecule has 0 aromatic heterocycles. The molecule has 2 rings (SSSR count). The minimum atomic E-state index is -0.147. The summed E-state index contributed by atoms with van der Waals surface area (Å²) in [6.45, 7) is 6.59. The Labute approximate surface area is 166 Å². The highest BCUT2D eigenvalue weighted by molar-refractivity contribution is 6.32. The van der Waals surface area contributed by atoms with Gasteiger partial charge in [0.1, 0.15) is 11.9 Å². The molecule has 0 bridgehead atoms. The number of hydrogen-bond donors (Lipinski definition) is 1. The van der Waals surface area contributed by atoms with Crippen LogP contribution >= 0.6 is 11.6 Å². The summed E-state index contributed by atoms with van der Waals surface area (Å²) in [6, 6.07) is 5.11. The van der Waals surface area contributed by atoms with Crippen molar-refractivity contribution in [3.8, 4) is 5.75 Å². The molecule has 150 valence electrons. The molecule has 0 atom stereocenters. The van der Waals surface area contributed by atoms with E-state index in [9.17, 15) is 9.59 Å². The third-order valence-electron chi connectivity index (χ3n) is 4.58. The first-order chi connectivity index (χ1) is 12.8. The second-order valence-electron chi connectivity index (χ2n) is 7.50. The summed E-state index contributed by atoms with van der Waals surface area (Å²) in [5.74, 6) is 0.644. The third-order valence-corrected chi connectivity index (χ3v) is 4.88. The number of nitrogens with one attached hydrogen (secondary N) is 1. The van der Waals surface area contributed by atoms with Crippen molar-refractivity contribution in [2.45, 2.75) is 32.8 Å². The van der Waals surface area contributed by atoms with Crippen molar-refractivity contribution in [1.29, 1.82) is 0 Å². The van der Waals surface area contributed by atoms with E-state index in [0.29, 0.717) is 36.0 Å². The molecule has 6 nitrogen and oxygen atoms in total. The predicted octanol–water partition coefficient (Wildman–Crippen LogP) is 2.66. The second-order valence-corrected chi connectivity index (χ2v) is 7.91. The van der Waals surface area contributed by atoms with E-state index >= 15 is 0 Å². The summed E-state index contributed by atoms with van der Waals surface area (Å²) in [5.41, 5.74) is 0.517. The smallest absolute Gasteiger partial charge is 0.251 e. The highest BCUT2D eigenvalue weighted by Crippen LogP contribution is 2.28. The number of carbonyl (C=O) groups is 2. The van der Waals surface area contributed by atoms with Gasteiger partial charge < -0.3 is 19.9 Å². The van der Waals surface area contributed by atoms with Crippen LogP contribution in [0.3, 0.4) is 0 Å². The SMILES string of the molecule is CC(C)C(=O)N1CCC(Oc2ccc(C(=O)NCCN(C)C)cc2Cl)CC1. The summed E-state index contributed by atoms with van der Waals surface area (Å²) < 4.78 is 6.01. The van der Waals surface area contributed by atoms with Crippen LogP contribution in [0.25, 0.3) is 0 Å². The van der Waals surface area contributed by atoms with Crippen molar-refractivity contribution in [2.75, 3.05) is 40.3 Å². The van der Waals surface area contributed by atoms with Gasteiger partial charge in [0.05, 0.1) is 5.02 Å². The molecule has 0 saturated carbocycles. The van der Waals surface area contributed by atoms with E-state index in [0.717, 1.165) is 19.4 Å². The van der Waals surface area contributed by atoms with Gasteiger partial charge in [0.25, 0.3) is 5.91 Å². The summed E-state index contributed by atoms with van der Waals surface area (Å²) >= 11 is 6.32. The first-order valence-electron chi connectivity index (χ1n) is 9.46. The van der Waals surface area contributed by atoms with E-state index in [1.807, 2.05) is 37.7 Å². The van der Waals surface area contributed by atoms with Gasteiger partial charge in [-0.05, 0) is 32.3 Å². The molecule has 1 aromatic carbocycles. The van der Waals surface area contributed by atoms with Crippen molar-refractivity contribution in [2.24, 2.45) is 5.92 Å². The summed E-state index contributed by atoms with van der Waals surface area (Å²) in [4.78, 5) is 28.1. The van der Waals surface area contributed by atoms with E-state index in [1.165, 1.54) is 0 Å². The molecule has 1 heterocycles. The molecule has 0 spiro atoms. The van der Waals surface area contributed by atoms with E-state index in [1.54, 1.807) is 18.2 Å². The molecule has 0 radical (unpaired) electrons. The lowest BCUT2D eigenvalue weighted by atomic mass is 10.1. The number of ether oxygens (including phenoxy) is 1. The number of amides is 2. The topological polar surface area (TPSA) is 61.9 Å². The highest BCUT2D eigenvalue weighted by Gasteiger charge is 2.25. The van der Waals surface area contributed by atoms with Crippen LogP contribution in [0.5, 0.6) is 5.75 Å². The predicted molar refractivity (Wildman–Crippen MR) is 107 cm³/mol. The summed E-state index contributed by atoms with van der Waals surface area (Å²) in [7, 11) is 3.91. The molecule has 0 unspecified atom stereocenters. The van der Waals surface area contributed by atoms with E-state index in [2.05, 4.69) is 5.32 Å². The Morgan fingerprint density at radius 2 is 1.96 bits per heavy atom. The van der Waals surface area contributed by atoms with Crippen molar-refractivity contribution in [1.82, 2.24) is 15.1 Å². The molecule has 1 saturated heterocycles. The van der Waals surface area contributed by atoms with Gasteiger partial charge in [-0.15, -0.1) is 0 Å². The van der Waals surface area contributed by atoms with Crippen LogP contribution in [-0.4, -0.2) is 68.0 Å². The van der Waals surface area contributed by atoms with Gasteiger partial charge in [0.15, 0.2) is 0 Å². The largest absolute Gasteiger partial charge is 0.489 e. The number of hydrogen-bond acceptors (Lipinski definition) is 4. The zero-order valence-corrected chi connectivity index (χ0v) is 17.4. The number of halogens is 1. The Morgan fingerprint density at radius 3 is 2.52 bits per heavy atom. The number of benzene rings is 1. The number of rotatable bonds is 7. The lowest BCUT2D eigenvalue weighted by molar-refractivity contribution is -0.136. The summed E-state index contributed by atoms with van der Waals surface area (Å²) in [5, 5.41) is 3.29. The number of likely N-dealkylation sites (tertiary alicyclic amines) is 1. The Morgan fingerprint density at radius 1 is 1.30 bits per heavy atom. The first-order valence-corrected chi connectivity index (χ1v) is 9.83. The third kappa shape index (κ3) is 6.40. The highest BCUT2D eigenvalue weighted by atomic mass is 35.5. The lowest BCUT2D eigenvalue weighted by Gasteiger charge is -2.33. The van der Waals surface area contributed by atoms with Gasteiger partial charge in [0, 0.05) is 50.5 Å². The monoisotopic (exact) mass is 395 g/mol. The maximum Gasteiger partial charge on any atom is 0.251 e. The van der Waals surface area contributed by atoms with Crippen LogP contribution in [-0.2, 0) is 4.79 Å². The number of likely N-dealkylation sites (N-methyl/N-ethyl adjacent to an activating group) is 1. The van der Waals surface area contributed by atoms with E-state index < -0.39 is 0 Å². The van der Waals surface area contributed by atoms with Gasteiger partial charge in [-0.2, -0.15) is 0 Å². The van der Waals surface area contributed by atoms with Gasteiger partial charge in [-0.25, -0.2) is 0 Å². The van der Waals surface area contributed by atoms with Crippen LogP contribution in [0.15, 0.2) is 18.2 Å². The minimum Gasteiger partial charge on any atom is -0.489 e. The van der Waals surface area contributed by atoms with Crippen molar-refractivity contribution in [3.63, 3.8) is 0 Å². The molecule has 27 heavy (non-hydrogen) atoms. The minimum absolute atomic E-state index is 0.0216. The molecular formula is C20H30ClN3O3. The van der Waals surface area contributed by atoms with E-state index in [-0.39, 0.29) is 23.8 Å². The first kappa shape index (κ1) is 21.5. The molecule has 2 amide bonds.